The van der Waals surface area contributed by atoms with Gasteiger partial charge in [-0.15, -0.1) is 0 Å². The molecule has 0 aliphatic carbocycles. The molecular weight excluding hydrogens is 727 g/mol. The van der Waals surface area contributed by atoms with E-state index in [4.69, 9.17) is 39.6 Å². The molecule has 4 atom stereocenters. The van der Waals surface area contributed by atoms with Gasteiger partial charge in [0.1, 0.15) is 41.3 Å². The lowest BCUT2D eigenvalue weighted by atomic mass is 9.80. The van der Waals surface area contributed by atoms with Gasteiger partial charge >= 0.3 is 0 Å². The molecule has 54 heavy (non-hydrogen) atoms. The summed E-state index contributed by atoms with van der Waals surface area (Å²) < 4.78 is 42.7. The van der Waals surface area contributed by atoms with E-state index < -0.39 is 32.6 Å². The van der Waals surface area contributed by atoms with E-state index in [1.807, 2.05) is 71.3 Å². The Morgan fingerprint density at radius 2 is 1.52 bits per heavy atom. The molecule has 1 unspecified atom stereocenters. The molecular formula is C40H46ClN6O6P. The van der Waals surface area contributed by atoms with Gasteiger partial charge < -0.3 is 28.0 Å². The van der Waals surface area contributed by atoms with Crippen LogP contribution in [-0.2, 0) is 24.1 Å². The third kappa shape index (κ3) is 8.38. The minimum atomic E-state index is -1.60. The summed E-state index contributed by atoms with van der Waals surface area (Å²) in [5.41, 5.74) is 2.67. The molecule has 284 valence electrons. The van der Waals surface area contributed by atoms with Crippen molar-refractivity contribution in [1.29, 1.82) is 5.26 Å². The topological polar surface area (TPSA) is 126 Å². The number of hydrogen-bond donors (Lipinski definition) is 0. The first-order valence-electron chi connectivity index (χ1n) is 17.9. The van der Waals surface area contributed by atoms with E-state index in [1.165, 1.54) is 6.33 Å². The number of benzene rings is 3. The van der Waals surface area contributed by atoms with E-state index in [9.17, 15) is 5.26 Å². The van der Waals surface area contributed by atoms with E-state index in [0.717, 1.165) is 28.2 Å². The average molecular weight is 773 g/mol. The van der Waals surface area contributed by atoms with E-state index in [0.29, 0.717) is 17.6 Å². The monoisotopic (exact) mass is 772 g/mol. The maximum Gasteiger partial charge on any atom is 0.259 e. The number of methoxy groups -OCH3 is 2. The summed E-state index contributed by atoms with van der Waals surface area (Å²) in [5, 5.41) is 9.60. The van der Waals surface area contributed by atoms with Crippen LogP contribution >= 0.6 is 20.1 Å². The largest absolute Gasteiger partial charge is 0.497 e. The maximum absolute atomic E-state index is 9.34. The molecule has 2 aromatic heterocycles. The number of hydrogen-bond acceptors (Lipinski definition) is 11. The summed E-state index contributed by atoms with van der Waals surface area (Å²) >= 11 is 6.40. The van der Waals surface area contributed by atoms with Crippen LogP contribution in [0, 0.1) is 11.3 Å². The van der Waals surface area contributed by atoms with Gasteiger partial charge in [0.05, 0.1) is 52.4 Å². The van der Waals surface area contributed by atoms with Gasteiger partial charge in [-0.3, -0.25) is 4.57 Å². The van der Waals surface area contributed by atoms with E-state index in [1.54, 1.807) is 20.5 Å². The smallest absolute Gasteiger partial charge is 0.259 e. The SMILES string of the molecule is COc1ccc(C(OC[C@H]2O[C@@H](n3cnc4c(Cl)ncnc43)C[C@@H]2OP(OCCC#N)N(C(C)C)C(C)C)(c2ccccc2)c2ccc(OC)cc2)cc1. The molecule has 14 heteroatoms. The first-order valence-corrected chi connectivity index (χ1v) is 19.4. The Balaban J connectivity index is 1.43. The van der Waals surface area contributed by atoms with Crippen LogP contribution in [0.3, 0.4) is 0 Å². The summed E-state index contributed by atoms with van der Waals surface area (Å²) in [6.07, 6.45) is 2.18. The molecule has 1 aliphatic heterocycles. The average Bonchev–Trinajstić information content (AvgIpc) is 3.80. The molecule has 0 N–H and O–H groups in total. The fourth-order valence-electron chi connectivity index (χ4n) is 6.86. The number of nitrogens with zero attached hydrogens (tertiary/aromatic N) is 6. The van der Waals surface area contributed by atoms with Crippen molar-refractivity contribution in [2.24, 2.45) is 0 Å². The van der Waals surface area contributed by atoms with Crippen molar-refractivity contribution in [3.8, 4) is 17.6 Å². The Morgan fingerprint density at radius 1 is 0.907 bits per heavy atom. The number of imidazole rings is 1. The number of halogens is 1. The molecule has 5 aromatic rings. The van der Waals surface area contributed by atoms with Gasteiger partial charge in [0.15, 0.2) is 10.8 Å². The Kier molecular flexibility index (Phi) is 13.1. The summed E-state index contributed by atoms with van der Waals surface area (Å²) in [4.78, 5) is 13.1. The summed E-state index contributed by atoms with van der Waals surface area (Å²) in [6, 6.07) is 28.3. The zero-order valence-corrected chi connectivity index (χ0v) is 33.0. The molecule has 1 aliphatic rings. The van der Waals surface area contributed by atoms with Crippen LogP contribution in [-0.4, -0.2) is 75.9 Å². The van der Waals surface area contributed by atoms with Gasteiger partial charge in [-0.05, 0) is 68.7 Å². The highest BCUT2D eigenvalue weighted by Gasteiger charge is 2.45. The van der Waals surface area contributed by atoms with Crippen LogP contribution < -0.4 is 9.47 Å². The van der Waals surface area contributed by atoms with Crippen molar-refractivity contribution >= 4 is 31.3 Å². The lowest BCUT2D eigenvalue weighted by Crippen LogP contribution is -2.39. The first kappa shape index (κ1) is 39.5. The molecule has 6 rings (SSSR count). The second-order valence-electron chi connectivity index (χ2n) is 13.4. The summed E-state index contributed by atoms with van der Waals surface area (Å²) in [7, 11) is 1.69. The molecule has 1 saturated heterocycles. The molecule has 0 spiro atoms. The number of fused-ring (bicyclic) bond motifs is 1. The van der Waals surface area contributed by atoms with Crippen molar-refractivity contribution in [1.82, 2.24) is 24.2 Å². The molecule has 12 nitrogen and oxygen atoms in total. The van der Waals surface area contributed by atoms with Crippen molar-refractivity contribution in [3.05, 3.63) is 113 Å². The van der Waals surface area contributed by atoms with E-state index in [-0.39, 0.29) is 36.9 Å². The van der Waals surface area contributed by atoms with Crippen LogP contribution in [0.25, 0.3) is 11.2 Å². The predicted octanol–water partition coefficient (Wildman–Crippen LogP) is 8.45. The molecule has 0 radical (unpaired) electrons. The Labute approximate surface area is 322 Å². The minimum Gasteiger partial charge on any atom is -0.497 e. The number of aromatic nitrogens is 4. The minimum absolute atomic E-state index is 0.110. The highest BCUT2D eigenvalue weighted by molar-refractivity contribution is 7.44. The molecule has 1 fully saturated rings. The van der Waals surface area contributed by atoms with Crippen molar-refractivity contribution in [2.75, 3.05) is 27.4 Å². The normalized spacial score (nSPS) is 18.1. The summed E-state index contributed by atoms with van der Waals surface area (Å²) in [6.45, 7) is 8.81. The van der Waals surface area contributed by atoms with Gasteiger partial charge in [-0.25, -0.2) is 19.6 Å². The molecule has 0 amide bonds. The van der Waals surface area contributed by atoms with Gasteiger partial charge in [-0.1, -0.05) is 66.2 Å². The van der Waals surface area contributed by atoms with Gasteiger partial charge in [0.25, 0.3) is 8.53 Å². The Hall–Kier alpha value is -4.18. The predicted molar refractivity (Wildman–Crippen MR) is 207 cm³/mol. The molecule has 3 aromatic carbocycles. The van der Waals surface area contributed by atoms with Crippen LogP contribution in [0.4, 0.5) is 0 Å². The van der Waals surface area contributed by atoms with Crippen LogP contribution in [0.5, 0.6) is 11.5 Å². The Morgan fingerprint density at radius 3 is 2.09 bits per heavy atom. The maximum atomic E-state index is 9.34. The lowest BCUT2D eigenvalue weighted by molar-refractivity contribution is -0.0912. The summed E-state index contributed by atoms with van der Waals surface area (Å²) in [5.74, 6) is 1.46. The fourth-order valence-corrected chi connectivity index (χ4v) is 8.79. The van der Waals surface area contributed by atoms with Crippen LogP contribution in [0.2, 0.25) is 5.15 Å². The zero-order valence-electron chi connectivity index (χ0n) is 31.3. The molecule has 0 bridgehead atoms. The standard InChI is InChI=1S/C40H46ClN6O6P/c1-27(2)47(28(3)4)54(51-22-10-21-42)53-34-23-36(46-26-45-37-38(41)43-25-44-39(37)46)52-35(34)24-50-40(29-11-8-7-9-12-29,30-13-17-32(48-5)18-14-30)31-15-19-33(49-6)20-16-31/h7-9,11-20,25-28,34-36H,10,22-24H2,1-6H3/t34-,35+,36+,54?/m0/s1. The highest BCUT2D eigenvalue weighted by atomic mass is 35.5. The number of ether oxygens (including phenoxy) is 4. The number of nitriles is 1. The number of rotatable bonds is 17. The van der Waals surface area contributed by atoms with E-state index in [2.05, 4.69) is 65.5 Å². The third-order valence-electron chi connectivity index (χ3n) is 9.33. The quantitative estimate of drug-likeness (QED) is 0.0391. The lowest BCUT2D eigenvalue weighted by Gasteiger charge is -2.39. The second kappa shape index (κ2) is 18.0. The van der Waals surface area contributed by atoms with Crippen LogP contribution in [0.1, 0.15) is 63.5 Å². The molecule has 0 saturated carbocycles. The van der Waals surface area contributed by atoms with Gasteiger partial charge in [-0.2, -0.15) is 5.26 Å². The van der Waals surface area contributed by atoms with Crippen molar-refractivity contribution < 1.29 is 28.0 Å². The van der Waals surface area contributed by atoms with Crippen molar-refractivity contribution in [3.63, 3.8) is 0 Å². The van der Waals surface area contributed by atoms with Crippen LogP contribution in [0.15, 0.2) is 91.5 Å². The molecule has 3 heterocycles. The zero-order chi connectivity index (χ0) is 38.2. The van der Waals surface area contributed by atoms with Crippen molar-refractivity contribution in [2.45, 2.75) is 76.7 Å². The van der Waals surface area contributed by atoms with Gasteiger partial charge in [0.2, 0.25) is 0 Å². The van der Waals surface area contributed by atoms with Gasteiger partial charge in [0, 0.05) is 18.5 Å². The fraction of sp³-hybridized carbons (Fsp3) is 0.400. The first-order chi connectivity index (χ1) is 26.2. The second-order valence-corrected chi connectivity index (χ2v) is 15.1. The highest BCUT2D eigenvalue weighted by Crippen LogP contribution is 2.51. The van der Waals surface area contributed by atoms with E-state index >= 15 is 0 Å². The third-order valence-corrected chi connectivity index (χ3v) is 11.8. The Bertz CT molecular complexity index is 1940.